The highest BCUT2D eigenvalue weighted by molar-refractivity contribution is 5.75. The van der Waals surface area contributed by atoms with Gasteiger partial charge in [0.05, 0.1) is 5.41 Å². The summed E-state index contributed by atoms with van der Waals surface area (Å²) in [5, 5.41) is 9.84. The standard InChI is InChI=1S/C20H30O2/c1-5-18(2)12-9-15-14(13-18)7-8-16-19(15,3)10-6-11-20(16,4)17(21)22/h5,13,15-16H,1,6-12H2,2-4H3,(H,21,22)/t15?,16?,18-,19+,20+/m1/s1. The molecule has 2 fully saturated rings. The second kappa shape index (κ2) is 4.97. The van der Waals surface area contributed by atoms with Crippen LogP contribution < -0.4 is 0 Å². The number of carboxylic acid groups (broad SMARTS) is 1. The van der Waals surface area contributed by atoms with Crippen molar-refractivity contribution in [2.45, 2.75) is 65.7 Å². The van der Waals surface area contributed by atoms with Crippen molar-refractivity contribution in [3.05, 3.63) is 24.3 Å². The van der Waals surface area contributed by atoms with Gasteiger partial charge in [-0.1, -0.05) is 38.0 Å². The second-order valence-corrected chi connectivity index (χ2v) is 8.69. The van der Waals surface area contributed by atoms with Crippen LogP contribution in [0.15, 0.2) is 24.3 Å². The zero-order chi connectivity index (χ0) is 16.2. The number of hydrogen-bond acceptors (Lipinski definition) is 1. The van der Waals surface area contributed by atoms with Gasteiger partial charge in [0, 0.05) is 5.41 Å². The van der Waals surface area contributed by atoms with E-state index in [1.165, 1.54) is 12.8 Å². The Morgan fingerprint density at radius 3 is 2.64 bits per heavy atom. The predicted octanol–water partition coefficient (Wildman–Crippen LogP) is 5.21. The maximum absolute atomic E-state index is 12.0. The van der Waals surface area contributed by atoms with Gasteiger partial charge in [0.25, 0.3) is 0 Å². The average molecular weight is 302 g/mol. The molecule has 5 atom stereocenters. The molecule has 0 aromatic carbocycles. The van der Waals surface area contributed by atoms with E-state index in [9.17, 15) is 9.90 Å². The number of carbonyl (C=O) groups is 1. The van der Waals surface area contributed by atoms with Crippen LogP contribution in [0, 0.1) is 28.1 Å². The summed E-state index contributed by atoms with van der Waals surface area (Å²) in [4.78, 5) is 12.0. The first kappa shape index (κ1) is 15.8. The van der Waals surface area contributed by atoms with E-state index >= 15 is 0 Å². The molecular weight excluding hydrogens is 272 g/mol. The van der Waals surface area contributed by atoms with Crippen LogP contribution in [0.25, 0.3) is 0 Å². The van der Waals surface area contributed by atoms with E-state index in [1.54, 1.807) is 5.57 Å². The highest BCUT2D eigenvalue weighted by Crippen LogP contribution is 2.63. The van der Waals surface area contributed by atoms with E-state index in [0.29, 0.717) is 11.8 Å². The molecule has 0 bridgehead atoms. The van der Waals surface area contributed by atoms with Crippen LogP contribution in [0.1, 0.15) is 65.7 Å². The molecule has 0 radical (unpaired) electrons. The molecule has 3 aliphatic carbocycles. The predicted molar refractivity (Wildman–Crippen MR) is 89.5 cm³/mol. The zero-order valence-electron chi connectivity index (χ0n) is 14.3. The molecule has 2 nitrogen and oxygen atoms in total. The Labute approximate surface area is 134 Å². The molecule has 22 heavy (non-hydrogen) atoms. The Bertz CT molecular complexity index is 534. The molecule has 0 spiro atoms. The van der Waals surface area contributed by atoms with Crippen LogP contribution in [0.4, 0.5) is 0 Å². The molecule has 3 aliphatic rings. The minimum Gasteiger partial charge on any atom is -0.481 e. The maximum atomic E-state index is 12.0. The summed E-state index contributed by atoms with van der Waals surface area (Å²) < 4.78 is 0. The molecule has 0 aliphatic heterocycles. The van der Waals surface area contributed by atoms with E-state index in [0.717, 1.165) is 32.1 Å². The summed E-state index contributed by atoms with van der Waals surface area (Å²) >= 11 is 0. The van der Waals surface area contributed by atoms with Crippen molar-refractivity contribution < 1.29 is 9.90 Å². The molecule has 2 unspecified atom stereocenters. The summed E-state index contributed by atoms with van der Waals surface area (Å²) in [6.45, 7) is 10.7. The van der Waals surface area contributed by atoms with Crippen LogP contribution in [-0.4, -0.2) is 11.1 Å². The van der Waals surface area contributed by atoms with Crippen molar-refractivity contribution in [2.75, 3.05) is 0 Å². The SMILES string of the molecule is C=C[C@@]1(C)C=C2CCC3[C@@](C)(CCC[C@]3(C)C(=O)O)C2CC1. The van der Waals surface area contributed by atoms with Crippen LogP contribution in [0.2, 0.25) is 0 Å². The molecule has 122 valence electrons. The first-order valence-electron chi connectivity index (χ1n) is 8.84. The number of carboxylic acids is 1. The summed E-state index contributed by atoms with van der Waals surface area (Å²) in [5.74, 6) is 0.322. The number of rotatable bonds is 2. The molecule has 0 aromatic rings. The normalized spacial score (nSPS) is 47.9. The van der Waals surface area contributed by atoms with Gasteiger partial charge in [0.15, 0.2) is 0 Å². The van der Waals surface area contributed by atoms with E-state index in [-0.39, 0.29) is 10.8 Å². The number of hydrogen-bond donors (Lipinski definition) is 1. The summed E-state index contributed by atoms with van der Waals surface area (Å²) in [7, 11) is 0. The van der Waals surface area contributed by atoms with Crippen molar-refractivity contribution in [1.29, 1.82) is 0 Å². The first-order valence-corrected chi connectivity index (χ1v) is 8.84. The Kier molecular flexibility index (Phi) is 3.58. The van der Waals surface area contributed by atoms with Crippen LogP contribution in [-0.2, 0) is 4.79 Å². The molecule has 1 N–H and O–H groups in total. The van der Waals surface area contributed by atoms with Gasteiger partial charge in [-0.3, -0.25) is 4.79 Å². The molecule has 0 aromatic heterocycles. The highest BCUT2D eigenvalue weighted by atomic mass is 16.4. The lowest BCUT2D eigenvalue weighted by Crippen LogP contribution is -2.54. The lowest BCUT2D eigenvalue weighted by atomic mass is 9.45. The van der Waals surface area contributed by atoms with Crippen LogP contribution >= 0.6 is 0 Å². The maximum Gasteiger partial charge on any atom is 0.309 e. The molecule has 0 heterocycles. The Hall–Kier alpha value is -1.05. The molecule has 2 heteroatoms. The molecular formula is C20H30O2. The average Bonchev–Trinajstić information content (AvgIpc) is 2.46. The molecule has 0 amide bonds. The van der Waals surface area contributed by atoms with Gasteiger partial charge in [-0.05, 0) is 62.7 Å². The molecule has 2 saturated carbocycles. The van der Waals surface area contributed by atoms with Gasteiger partial charge in [-0.25, -0.2) is 0 Å². The Balaban J connectivity index is 1.99. The zero-order valence-corrected chi connectivity index (χ0v) is 14.3. The van der Waals surface area contributed by atoms with Crippen molar-refractivity contribution in [3.63, 3.8) is 0 Å². The fourth-order valence-electron chi connectivity index (χ4n) is 5.94. The van der Waals surface area contributed by atoms with Gasteiger partial charge in [0.1, 0.15) is 0 Å². The van der Waals surface area contributed by atoms with Crippen molar-refractivity contribution in [3.8, 4) is 0 Å². The van der Waals surface area contributed by atoms with Crippen molar-refractivity contribution >= 4 is 5.97 Å². The number of aliphatic carboxylic acids is 1. The van der Waals surface area contributed by atoms with Gasteiger partial charge in [0.2, 0.25) is 0 Å². The van der Waals surface area contributed by atoms with E-state index in [1.807, 2.05) is 6.92 Å². The fourth-order valence-corrected chi connectivity index (χ4v) is 5.94. The van der Waals surface area contributed by atoms with Crippen LogP contribution in [0.5, 0.6) is 0 Å². The third-order valence-electron chi connectivity index (χ3n) is 7.38. The van der Waals surface area contributed by atoms with Crippen molar-refractivity contribution in [2.24, 2.45) is 28.1 Å². The van der Waals surface area contributed by atoms with E-state index in [4.69, 9.17) is 0 Å². The van der Waals surface area contributed by atoms with Crippen molar-refractivity contribution in [1.82, 2.24) is 0 Å². The summed E-state index contributed by atoms with van der Waals surface area (Å²) in [6.07, 6.45) is 12.1. The van der Waals surface area contributed by atoms with Gasteiger partial charge >= 0.3 is 5.97 Å². The topological polar surface area (TPSA) is 37.3 Å². The third kappa shape index (κ3) is 2.10. The quantitative estimate of drug-likeness (QED) is 0.711. The summed E-state index contributed by atoms with van der Waals surface area (Å²) in [5.41, 5.74) is 1.36. The number of allylic oxidation sites excluding steroid dienone is 3. The van der Waals surface area contributed by atoms with Crippen LogP contribution in [0.3, 0.4) is 0 Å². The fraction of sp³-hybridized carbons (Fsp3) is 0.750. The monoisotopic (exact) mass is 302 g/mol. The Morgan fingerprint density at radius 2 is 2.00 bits per heavy atom. The van der Waals surface area contributed by atoms with E-state index in [2.05, 4.69) is 32.6 Å². The minimum atomic E-state index is -0.581. The molecule has 0 saturated heterocycles. The lowest BCUT2D eigenvalue weighted by molar-refractivity contribution is -0.164. The van der Waals surface area contributed by atoms with Gasteiger partial charge < -0.3 is 5.11 Å². The first-order chi connectivity index (χ1) is 10.3. The van der Waals surface area contributed by atoms with E-state index < -0.39 is 11.4 Å². The molecule has 3 rings (SSSR count). The third-order valence-corrected chi connectivity index (χ3v) is 7.38. The lowest BCUT2D eigenvalue weighted by Gasteiger charge is -2.59. The van der Waals surface area contributed by atoms with Gasteiger partial charge in [-0.15, -0.1) is 6.58 Å². The number of fused-ring (bicyclic) bond motifs is 3. The largest absolute Gasteiger partial charge is 0.481 e. The smallest absolute Gasteiger partial charge is 0.309 e. The summed E-state index contributed by atoms with van der Waals surface area (Å²) in [6, 6.07) is 0. The van der Waals surface area contributed by atoms with Gasteiger partial charge in [-0.2, -0.15) is 0 Å². The Morgan fingerprint density at radius 1 is 1.27 bits per heavy atom. The highest BCUT2D eigenvalue weighted by Gasteiger charge is 2.58. The minimum absolute atomic E-state index is 0.139. The second-order valence-electron chi connectivity index (χ2n) is 8.69.